The van der Waals surface area contributed by atoms with Gasteiger partial charge in [-0.25, -0.2) is 9.18 Å². The highest BCUT2D eigenvalue weighted by molar-refractivity contribution is 5.94. The third-order valence-corrected chi connectivity index (χ3v) is 2.42. The minimum atomic E-state index is -1.15. The first-order valence-electron chi connectivity index (χ1n) is 4.37. The van der Waals surface area contributed by atoms with Crippen molar-refractivity contribution in [2.24, 2.45) is 7.05 Å². The van der Waals surface area contributed by atoms with E-state index in [1.807, 2.05) is 0 Å². The summed E-state index contributed by atoms with van der Waals surface area (Å²) in [6.07, 6.45) is 0. The molecule has 0 fully saturated rings. The van der Waals surface area contributed by atoms with E-state index in [1.54, 1.807) is 14.0 Å². The van der Waals surface area contributed by atoms with Gasteiger partial charge in [0.15, 0.2) is 0 Å². The monoisotopic (exact) mass is 208 g/mol. The number of aromatic nitrogens is 2. The average molecular weight is 208 g/mol. The molecule has 0 atom stereocenters. The van der Waals surface area contributed by atoms with Crippen LogP contribution in [0, 0.1) is 12.7 Å². The normalized spacial score (nSPS) is 10.9. The lowest BCUT2D eigenvalue weighted by Crippen LogP contribution is -1.97. The van der Waals surface area contributed by atoms with Gasteiger partial charge in [-0.05, 0) is 19.1 Å². The number of rotatable bonds is 1. The number of halogens is 1. The number of fused-ring (bicyclic) bond motifs is 1. The van der Waals surface area contributed by atoms with Crippen LogP contribution in [-0.4, -0.2) is 20.9 Å². The van der Waals surface area contributed by atoms with E-state index >= 15 is 0 Å². The first kappa shape index (κ1) is 9.64. The van der Waals surface area contributed by atoms with Crippen LogP contribution in [0.2, 0.25) is 0 Å². The van der Waals surface area contributed by atoms with Crippen LogP contribution in [0.3, 0.4) is 0 Å². The SMILES string of the molecule is Cc1c2c(F)cc(C(=O)O)cc2nn1C. The Bertz CT molecular complexity index is 560. The van der Waals surface area contributed by atoms with Crippen molar-refractivity contribution in [3.05, 3.63) is 29.2 Å². The van der Waals surface area contributed by atoms with Gasteiger partial charge in [0, 0.05) is 12.7 Å². The number of aryl methyl sites for hydroxylation is 2. The van der Waals surface area contributed by atoms with Gasteiger partial charge >= 0.3 is 5.97 Å². The Balaban J connectivity index is 2.84. The van der Waals surface area contributed by atoms with Crippen molar-refractivity contribution < 1.29 is 14.3 Å². The summed E-state index contributed by atoms with van der Waals surface area (Å²) < 4.78 is 15.1. The number of carbonyl (C=O) groups is 1. The maximum atomic E-state index is 13.6. The quantitative estimate of drug-likeness (QED) is 0.776. The van der Waals surface area contributed by atoms with Crippen LogP contribution in [0.5, 0.6) is 0 Å². The molecule has 0 aliphatic carbocycles. The number of nitrogens with zero attached hydrogens (tertiary/aromatic N) is 2. The first-order chi connectivity index (χ1) is 7.00. The zero-order chi connectivity index (χ0) is 11.2. The molecular weight excluding hydrogens is 199 g/mol. The Hall–Kier alpha value is -1.91. The molecule has 0 aliphatic rings. The summed E-state index contributed by atoms with van der Waals surface area (Å²) in [6, 6.07) is 2.38. The van der Waals surface area contributed by atoms with Gasteiger partial charge in [-0.1, -0.05) is 0 Å². The van der Waals surface area contributed by atoms with Crippen molar-refractivity contribution in [2.75, 3.05) is 0 Å². The molecule has 2 aromatic rings. The third-order valence-electron chi connectivity index (χ3n) is 2.42. The Morgan fingerprint density at radius 1 is 1.53 bits per heavy atom. The van der Waals surface area contributed by atoms with Crippen molar-refractivity contribution >= 4 is 16.9 Å². The van der Waals surface area contributed by atoms with Crippen molar-refractivity contribution in [1.29, 1.82) is 0 Å². The zero-order valence-electron chi connectivity index (χ0n) is 8.28. The first-order valence-corrected chi connectivity index (χ1v) is 4.37. The lowest BCUT2D eigenvalue weighted by Gasteiger charge is -1.96. The van der Waals surface area contributed by atoms with Crippen LogP contribution >= 0.6 is 0 Å². The van der Waals surface area contributed by atoms with Crippen molar-refractivity contribution in [2.45, 2.75) is 6.92 Å². The summed E-state index contributed by atoms with van der Waals surface area (Å²) in [7, 11) is 1.69. The molecule has 1 N–H and O–H groups in total. The molecule has 0 bridgehead atoms. The van der Waals surface area contributed by atoms with Crippen LogP contribution in [0.1, 0.15) is 16.1 Å². The van der Waals surface area contributed by atoms with E-state index < -0.39 is 11.8 Å². The number of hydrogen-bond donors (Lipinski definition) is 1. The molecule has 0 saturated heterocycles. The molecule has 78 valence electrons. The molecular formula is C10H9FN2O2. The topological polar surface area (TPSA) is 55.1 Å². The van der Waals surface area contributed by atoms with E-state index in [1.165, 1.54) is 10.7 Å². The second-order valence-corrected chi connectivity index (χ2v) is 3.37. The molecule has 1 aromatic carbocycles. The van der Waals surface area contributed by atoms with E-state index in [-0.39, 0.29) is 5.56 Å². The molecule has 0 aliphatic heterocycles. The van der Waals surface area contributed by atoms with Gasteiger partial charge in [-0.15, -0.1) is 0 Å². The van der Waals surface area contributed by atoms with E-state index in [0.29, 0.717) is 16.6 Å². The number of carboxylic acids is 1. The van der Waals surface area contributed by atoms with Crippen LogP contribution < -0.4 is 0 Å². The number of benzene rings is 1. The van der Waals surface area contributed by atoms with Gasteiger partial charge in [0.25, 0.3) is 0 Å². The van der Waals surface area contributed by atoms with E-state index in [0.717, 1.165) is 6.07 Å². The van der Waals surface area contributed by atoms with Crippen molar-refractivity contribution in [1.82, 2.24) is 9.78 Å². The Morgan fingerprint density at radius 2 is 2.20 bits per heavy atom. The highest BCUT2D eigenvalue weighted by Gasteiger charge is 2.14. The molecule has 2 rings (SSSR count). The Morgan fingerprint density at radius 3 is 2.80 bits per heavy atom. The number of carboxylic acid groups (broad SMARTS) is 1. The molecule has 0 saturated carbocycles. The van der Waals surface area contributed by atoms with Crippen LogP contribution in [0.15, 0.2) is 12.1 Å². The average Bonchev–Trinajstić information content (AvgIpc) is 2.42. The van der Waals surface area contributed by atoms with E-state index in [9.17, 15) is 9.18 Å². The fraction of sp³-hybridized carbons (Fsp3) is 0.200. The summed E-state index contributed by atoms with van der Waals surface area (Å²) in [6.45, 7) is 1.73. The minimum absolute atomic E-state index is 0.0851. The molecule has 0 unspecified atom stereocenters. The molecule has 15 heavy (non-hydrogen) atoms. The van der Waals surface area contributed by atoms with Crippen LogP contribution in [-0.2, 0) is 7.05 Å². The molecule has 4 nitrogen and oxygen atoms in total. The highest BCUT2D eigenvalue weighted by Crippen LogP contribution is 2.22. The van der Waals surface area contributed by atoms with Gasteiger partial charge in [0.2, 0.25) is 0 Å². The molecule has 1 aromatic heterocycles. The molecule has 0 amide bonds. The number of aromatic carboxylic acids is 1. The zero-order valence-corrected chi connectivity index (χ0v) is 8.28. The summed E-state index contributed by atoms with van der Waals surface area (Å²) in [5, 5.41) is 13.2. The lowest BCUT2D eigenvalue weighted by molar-refractivity contribution is 0.0696. The fourth-order valence-electron chi connectivity index (χ4n) is 1.55. The fourth-order valence-corrected chi connectivity index (χ4v) is 1.55. The van der Waals surface area contributed by atoms with Crippen molar-refractivity contribution in [3.63, 3.8) is 0 Å². The van der Waals surface area contributed by atoms with Gasteiger partial charge in [-0.2, -0.15) is 5.10 Å². The Labute approximate surface area is 84.9 Å². The lowest BCUT2D eigenvalue weighted by atomic mass is 10.1. The Kier molecular flexibility index (Phi) is 1.96. The predicted octanol–water partition coefficient (Wildman–Crippen LogP) is 1.72. The largest absolute Gasteiger partial charge is 0.478 e. The van der Waals surface area contributed by atoms with Crippen LogP contribution in [0.4, 0.5) is 4.39 Å². The number of hydrogen-bond acceptors (Lipinski definition) is 2. The maximum Gasteiger partial charge on any atom is 0.335 e. The summed E-state index contributed by atoms with van der Waals surface area (Å²) in [5.74, 6) is -1.70. The van der Waals surface area contributed by atoms with E-state index in [4.69, 9.17) is 5.11 Å². The maximum absolute atomic E-state index is 13.6. The third kappa shape index (κ3) is 1.36. The molecule has 0 spiro atoms. The van der Waals surface area contributed by atoms with E-state index in [2.05, 4.69) is 5.10 Å². The molecule has 1 heterocycles. The molecule has 0 radical (unpaired) electrons. The predicted molar refractivity (Wildman–Crippen MR) is 52.4 cm³/mol. The van der Waals surface area contributed by atoms with Gasteiger partial charge in [-0.3, -0.25) is 4.68 Å². The second kappa shape index (κ2) is 3.05. The second-order valence-electron chi connectivity index (χ2n) is 3.37. The summed E-state index contributed by atoms with van der Waals surface area (Å²) in [5.41, 5.74) is 0.963. The minimum Gasteiger partial charge on any atom is -0.478 e. The molecule has 5 heteroatoms. The van der Waals surface area contributed by atoms with Gasteiger partial charge in [0.05, 0.1) is 16.5 Å². The summed E-state index contributed by atoms with van der Waals surface area (Å²) in [4.78, 5) is 10.7. The summed E-state index contributed by atoms with van der Waals surface area (Å²) >= 11 is 0. The van der Waals surface area contributed by atoms with Gasteiger partial charge in [0.1, 0.15) is 5.82 Å². The van der Waals surface area contributed by atoms with Crippen LogP contribution in [0.25, 0.3) is 10.9 Å². The highest BCUT2D eigenvalue weighted by atomic mass is 19.1. The van der Waals surface area contributed by atoms with Crippen molar-refractivity contribution in [3.8, 4) is 0 Å². The standard InChI is InChI=1S/C10H9FN2O2/c1-5-9-7(11)3-6(10(14)15)4-8(9)12-13(5)2/h3-4H,1-2H3,(H,14,15). The smallest absolute Gasteiger partial charge is 0.335 e. The van der Waals surface area contributed by atoms with Gasteiger partial charge < -0.3 is 5.11 Å².